The maximum absolute atomic E-state index is 11.9. The number of thiophene rings is 1. The number of ether oxygens (including phenoxy) is 1. The van der Waals surface area contributed by atoms with E-state index in [-0.39, 0.29) is 11.9 Å². The van der Waals surface area contributed by atoms with Crippen molar-refractivity contribution in [3.8, 4) is 11.8 Å². The van der Waals surface area contributed by atoms with Crippen molar-refractivity contribution in [2.24, 2.45) is 5.73 Å². The van der Waals surface area contributed by atoms with Crippen molar-refractivity contribution in [2.45, 2.75) is 19.4 Å². The van der Waals surface area contributed by atoms with E-state index in [0.29, 0.717) is 18.0 Å². The minimum atomic E-state index is -0.0654. The molecule has 3 N–H and O–H groups in total. The Morgan fingerprint density at radius 3 is 3.06 bits per heavy atom. The van der Waals surface area contributed by atoms with E-state index in [9.17, 15) is 4.79 Å². The van der Waals surface area contributed by atoms with Gasteiger partial charge in [-0.1, -0.05) is 11.8 Å². The van der Waals surface area contributed by atoms with Crippen molar-refractivity contribution in [3.63, 3.8) is 0 Å². The normalized spacial score (nSPS) is 11.5. The van der Waals surface area contributed by atoms with Crippen molar-refractivity contribution >= 4 is 17.2 Å². The van der Waals surface area contributed by atoms with Crippen LogP contribution in [0.2, 0.25) is 0 Å². The Morgan fingerprint density at radius 1 is 1.61 bits per heavy atom. The minimum Gasteiger partial charge on any atom is -0.385 e. The number of hydrogen-bond donors (Lipinski definition) is 2. The fourth-order valence-corrected chi connectivity index (χ4v) is 2.11. The van der Waals surface area contributed by atoms with Gasteiger partial charge in [-0.2, -0.15) is 0 Å². The summed E-state index contributed by atoms with van der Waals surface area (Å²) in [5.74, 6) is 5.61. The summed E-state index contributed by atoms with van der Waals surface area (Å²) in [7, 11) is 1.65. The second-order valence-electron chi connectivity index (χ2n) is 3.83. The molecule has 5 heteroatoms. The maximum atomic E-state index is 11.9. The van der Waals surface area contributed by atoms with E-state index in [0.717, 1.165) is 11.3 Å². The topological polar surface area (TPSA) is 64.3 Å². The SMILES string of the molecule is COCCC(C)NC(=O)c1ccc(C#CCN)s1. The van der Waals surface area contributed by atoms with Crippen LogP contribution in [0, 0.1) is 11.8 Å². The highest BCUT2D eigenvalue weighted by atomic mass is 32.1. The first-order valence-electron chi connectivity index (χ1n) is 5.76. The third-order valence-corrected chi connectivity index (χ3v) is 3.28. The monoisotopic (exact) mass is 266 g/mol. The van der Waals surface area contributed by atoms with Crippen LogP contribution in [0.25, 0.3) is 0 Å². The second kappa shape index (κ2) is 7.88. The van der Waals surface area contributed by atoms with Crippen molar-refractivity contribution in [1.29, 1.82) is 0 Å². The zero-order valence-electron chi connectivity index (χ0n) is 10.7. The first-order chi connectivity index (χ1) is 8.67. The predicted octanol–water partition coefficient (Wildman–Crippen LogP) is 1.21. The smallest absolute Gasteiger partial charge is 0.261 e. The molecule has 1 aromatic rings. The Labute approximate surface area is 112 Å². The van der Waals surface area contributed by atoms with Gasteiger partial charge in [0.05, 0.1) is 16.3 Å². The molecule has 0 bridgehead atoms. The van der Waals surface area contributed by atoms with Crippen LogP contribution in [-0.4, -0.2) is 32.2 Å². The highest BCUT2D eigenvalue weighted by Crippen LogP contribution is 2.15. The number of amides is 1. The van der Waals surface area contributed by atoms with Gasteiger partial charge in [0.2, 0.25) is 0 Å². The Balaban J connectivity index is 2.53. The van der Waals surface area contributed by atoms with Crippen molar-refractivity contribution in [1.82, 2.24) is 5.32 Å². The zero-order chi connectivity index (χ0) is 13.4. The summed E-state index contributed by atoms with van der Waals surface area (Å²) in [5, 5.41) is 2.92. The number of carbonyl (C=O) groups excluding carboxylic acids is 1. The summed E-state index contributed by atoms with van der Waals surface area (Å²) in [6, 6.07) is 3.71. The van der Waals surface area contributed by atoms with E-state index < -0.39 is 0 Å². The van der Waals surface area contributed by atoms with E-state index in [1.165, 1.54) is 11.3 Å². The van der Waals surface area contributed by atoms with Gasteiger partial charge in [-0.15, -0.1) is 11.3 Å². The van der Waals surface area contributed by atoms with Gasteiger partial charge in [-0.25, -0.2) is 0 Å². The van der Waals surface area contributed by atoms with Crippen molar-refractivity contribution < 1.29 is 9.53 Å². The van der Waals surface area contributed by atoms with E-state index >= 15 is 0 Å². The molecule has 98 valence electrons. The van der Waals surface area contributed by atoms with Crippen LogP contribution in [0.1, 0.15) is 27.9 Å². The molecule has 1 amide bonds. The molecule has 0 aromatic carbocycles. The lowest BCUT2D eigenvalue weighted by Crippen LogP contribution is -2.32. The fraction of sp³-hybridized carbons (Fsp3) is 0.462. The zero-order valence-corrected chi connectivity index (χ0v) is 11.5. The van der Waals surface area contributed by atoms with Gasteiger partial charge < -0.3 is 15.8 Å². The lowest BCUT2D eigenvalue weighted by atomic mass is 10.2. The standard InChI is InChI=1S/C13H18N2O2S/c1-10(7-9-17-2)15-13(16)12-6-5-11(18-12)4-3-8-14/h5-6,10H,7-9,14H2,1-2H3,(H,15,16). The van der Waals surface area contributed by atoms with Gasteiger partial charge in [0.1, 0.15) is 0 Å². The second-order valence-corrected chi connectivity index (χ2v) is 4.91. The van der Waals surface area contributed by atoms with Crippen LogP contribution in [-0.2, 0) is 4.74 Å². The van der Waals surface area contributed by atoms with Gasteiger partial charge in [0, 0.05) is 19.8 Å². The van der Waals surface area contributed by atoms with Crippen LogP contribution in [0.4, 0.5) is 0 Å². The molecule has 0 saturated carbocycles. The average Bonchev–Trinajstić information content (AvgIpc) is 2.82. The number of hydrogen-bond acceptors (Lipinski definition) is 4. The van der Waals surface area contributed by atoms with Crippen LogP contribution >= 0.6 is 11.3 Å². The van der Waals surface area contributed by atoms with Gasteiger partial charge in [-0.3, -0.25) is 4.79 Å². The van der Waals surface area contributed by atoms with E-state index in [1.807, 2.05) is 13.0 Å². The minimum absolute atomic E-state index is 0.0654. The molecule has 1 atom stereocenters. The number of nitrogens with one attached hydrogen (secondary N) is 1. The van der Waals surface area contributed by atoms with Gasteiger partial charge in [0.15, 0.2) is 0 Å². The lowest BCUT2D eigenvalue weighted by Gasteiger charge is -2.12. The summed E-state index contributed by atoms with van der Waals surface area (Å²) in [6.45, 7) is 2.92. The third kappa shape index (κ3) is 4.88. The molecule has 18 heavy (non-hydrogen) atoms. The van der Waals surface area contributed by atoms with Gasteiger partial charge in [0.25, 0.3) is 5.91 Å². The first kappa shape index (κ1) is 14.7. The maximum Gasteiger partial charge on any atom is 0.261 e. The fourth-order valence-electron chi connectivity index (χ4n) is 1.33. The average molecular weight is 266 g/mol. The molecule has 0 radical (unpaired) electrons. The van der Waals surface area contributed by atoms with E-state index in [1.54, 1.807) is 13.2 Å². The predicted molar refractivity (Wildman–Crippen MR) is 73.7 cm³/mol. The molecule has 4 nitrogen and oxygen atoms in total. The third-order valence-electron chi connectivity index (χ3n) is 2.28. The number of rotatable bonds is 5. The number of methoxy groups -OCH3 is 1. The Bertz CT molecular complexity index is 445. The molecule has 0 aliphatic carbocycles. The summed E-state index contributed by atoms with van der Waals surface area (Å²) in [4.78, 5) is 13.4. The van der Waals surface area contributed by atoms with E-state index in [2.05, 4.69) is 17.2 Å². The lowest BCUT2D eigenvalue weighted by molar-refractivity contribution is 0.0933. The summed E-state index contributed by atoms with van der Waals surface area (Å²) in [5.41, 5.74) is 5.30. The highest BCUT2D eigenvalue weighted by Gasteiger charge is 2.11. The molecule has 1 aromatic heterocycles. The number of nitrogens with two attached hydrogens (primary N) is 1. The summed E-state index contributed by atoms with van der Waals surface area (Å²) >= 11 is 1.37. The van der Waals surface area contributed by atoms with Crippen LogP contribution < -0.4 is 11.1 Å². The van der Waals surface area contributed by atoms with Crippen LogP contribution in [0.5, 0.6) is 0 Å². The molecule has 0 aliphatic heterocycles. The molecule has 0 saturated heterocycles. The van der Waals surface area contributed by atoms with E-state index in [4.69, 9.17) is 10.5 Å². The van der Waals surface area contributed by atoms with Crippen molar-refractivity contribution in [3.05, 3.63) is 21.9 Å². The largest absolute Gasteiger partial charge is 0.385 e. The summed E-state index contributed by atoms with van der Waals surface area (Å²) in [6.07, 6.45) is 0.799. The summed E-state index contributed by atoms with van der Waals surface area (Å²) < 4.78 is 4.97. The molecule has 0 fully saturated rings. The molecular weight excluding hydrogens is 248 g/mol. The molecule has 1 rings (SSSR count). The molecule has 0 spiro atoms. The Kier molecular flexibility index (Phi) is 6.44. The first-order valence-corrected chi connectivity index (χ1v) is 6.57. The molecule has 1 unspecified atom stereocenters. The highest BCUT2D eigenvalue weighted by molar-refractivity contribution is 7.14. The Morgan fingerprint density at radius 2 is 2.39 bits per heavy atom. The molecular formula is C13H18N2O2S. The Hall–Kier alpha value is -1.35. The number of carbonyl (C=O) groups is 1. The van der Waals surface area contributed by atoms with Crippen molar-refractivity contribution in [2.75, 3.05) is 20.3 Å². The molecule has 1 heterocycles. The van der Waals surface area contributed by atoms with Gasteiger partial charge >= 0.3 is 0 Å². The molecule has 0 aliphatic rings. The quantitative estimate of drug-likeness (QED) is 0.787. The van der Waals surface area contributed by atoms with Gasteiger partial charge in [-0.05, 0) is 25.5 Å². The van der Waals surface area contributed by atoms with Crippen LogP contribution in [0.3, 0.4) is 0 Å². The van der Waals surface area contributed by atoms with Crippen LogP contribution in [0.15, 0.2) is 12.1 Å².